The molecule has 0 aromatic heterocycles. The fourth-order valence-electron chi connectivity index (χ4n) is 3.53. The Balaban J connectivity index is 1.44. The highest BCUT2D eigenvalue weighted by Gasteiger charge is 2.12. The number of nitrogens with zero attached hydrogens (tertiary/aromatic N) is 1. The largest absolute Gasteiger partial charge is 0.399 e. The van der Waals surface area contributed by atoms with E-state index in [-0.39, 0.29) is 5.91 Å². The Kier molecular flexibility index (Phi) is 5.49. The average molecular weight is 387 g/mol. The van der Waals surface area contributed by atoms with Crippen molar-refractivity contribution < 1.29 is 9.53 Å². The summed E-state index contributed by atoms with van der Waals surface area (Å²) in [6.07, 6.45) is 0. The fourth-order valence-corrected chi connectivity index (χ4v) is 3.53. The molecule has 0 atom stereocenters. The first-order valence-electron chi connectivity index (χ1n) is 9.81. The lowest BCUT2D eigenvalue weighted by Crippen LogP contribution is -2.36. The van der Waals surface area contributed by atoms with Crippen LogP contribution in [0, 0.1) is 6.92 Å². The number of anilines is 3. The van der Waals surface area contributed by atoms with Gasteiger partial charge in [-0.25, -0.2) is 0 Å². The molecule has 0 bridgehead atoms. The van der Waals surface area contributed by atoms with Gasteiger partial charge in [0.2, 0.25) is 0 Å². The van der Waals surface area contributed by atoms with Crippen LogP contribution in [0.1, 0.15) is 15.9 Å². The topological polar surface area (TPSA) is 67.6 Å². The van der Waals surface area contributed by atoms with Crippen molar-refractivity contribution in [3.8, 4) is 11.1 Å². The van der Waals surface area contributed by atoms with Crippen LogP contribution in [0.4, 0.5) is 17.1 Å². The number of morpholine rings is 1. The number of carbonyl (C=O) groups excluding carboxylic acids is 1. The molecule has 29 heavy (non-hydrogen) atoms. The standard InChI is InChI=1S/C24H25N3O2/c1-17-2-7-20(25)16-23(17)18-3-5-19(6-4-18)24(28)26-21-8-10-22(11-9-21)27-12-14-29-15-13-27/h2-11,16H,12-15,25H2,1H3,(H,26,28). The fraction of sp³-hybridized carbons (Fsp3) is 0.208. The number of nitrogens with one attached hydrogen (secondary N) is 1. The smallest absolute Gasteiger partial charge is 0.255 e. The van der Waals surface area contributed by atoms with Gasteiger partial charge in [0.15, 0.2) is 0 Å². The second kappa shape index (κ2) is 8.37. The summed E-state index contributed by atoms with van der Waals surface area (Å²) in [4.78, 5) is 14.9. The molecule has 1 aliphatic rings. The lowest BCUT2D eigenvalue weighted by atomic mass is 9.99. The number of nitrogens with two attached hydrogens (primary N) is 1. The number of rotatable bonds is 4. The summed E-state index contributed by atoms with van der Waals surface area (Å²) in [6.45, 7) is 5.35. The van der Waals surface area contributed by atoms with Gasteiger partial charge in [-0.3, -0.25) is 4.79 Å². The zero-order valence-electron chi connectivity index (χ0n) is 16.5. The number of nitrogen functional groups attached to an aromatic ring is 1. The molecule has 1 aliphatic heterocycles. The Hall–Kier alpha value is -3.31. The van der Waals surface area contributed by atoms with Crippen molar-refractivity contribution in [3.05, 3.63) is 77.9 Å². The Labute approximate surface area is 171 Å². The maximum Gasteiger partial charge on any atom is 0.255 e. The van der Waals surface area contributed by atoms with E-state index in [1.165, 1.54) is 0 Å². The van der Waals surface area contributed by atoms with Crippen molar-refractivity contribution in [2.75, 3.05) is 42.3 Å². The molecule has 0 aliphatic carbocycles. The summed E-state index contributed by atoms with van der Waals surface area (Å²) in [5.74, 6) is -0.125. The highest BCUT2D eigenvalue weighted by atomic mass is 16.5. The van der Waals surface area contributed by atoms with E-state index in [0.717, 1.165) is 60.1 Å². The molecule has 1 heterocycles. The Bertz CT molecular complexity index is 992. The lowest BCUT2D eigenvalue weighted by Gasteiger charge is -2.28. The maximum atomic E-state index is 12.6. The monoisotopic (exact) mass is 387 g/mol. The van der Waals surface area contributed by atoms with E-state index in [4.69, 9.17) is 10.5 Å². The molecule has 1 amide bonds. The molecule has 5 nitrogen and oxygen atoms in total. The van der Waals surface area contributed by atoms with Crippen LogP contribution in [0.15, 0.2) is 66.7 Å². The quantitative estimate of drug-likeness (QED) is 0.654. The minimum atomic E-state index is -0.125. The molecule has 148 valence electrons. The second-order valence-electron chi connectivity index (χ2n) is 7.25. The van der Waals surface area contributed by atoms with Crippen LogP contribution in [0.2, 0.25) is 0 Å². The van der Waals surface area contributed by atoms with Gasteiger partial charge in [0.05, 0.1) is 13.2 Å². The molecular weight excluding hydrogens is 362 g/mol. The van der Waals surface area contributed by atoms with E-state index < -0.39 is 0 Å². The van der Waals surface area contributed by atoms with Crippen LogP contribution < -0.4 is 16.0 Å². The van der Waals surface area contributed by atoms with Crippen molar-refractivity contribution in [2.45, 2.75) is 6.92 Å². The molecule has 5 heteroatoms. The number of benzene rings is 3. The van der Waals surface area contributed by atoms with E-state index in [1.807, 2.05) is 66.7 Å². The summed E-state index contributed by atoms with van der Waals surface area (Å²) >= 11 is 0. The van der Waals surface area contributed by atoms with E-state index in [0.29, 0.717) is 5.56 Å². The van der Waals surface area contributed by atoms with Crippen molar-refractivity contribution >= 4 is 23.0 Å². The zero-order valence-corrected chi connectivity index (χ0v) is 16.5. The van der Waals surface area contributed by atoms with Crippen LogP contribution in [-0.4, -0.2) is 32.2 Å². The molecule has 0 saturated carbocycles. The number of amides is 1. The highest BCUT2D eigenvalue weighted by molar-refractivity contribution is 6.04. The van der Waals surface area contributed by atoms with E-state index >= 15 is 0 Å². The van der Waals surface area contributed by atoms with Gasteiger partial charge in [-0.1, -0.05) is 18.2 Å². The minimum Gasteiger partial charge on any atom is -0.399 e. The van der Waals surface area contributed by atoms with Crippen molar-refractivity contribution in [1.82, 2.24) is 0 Å². The molecule has 0 spiro atoms. The summed E-state index contributed by atoms with van der Waals surface area (Å²) in [5, 5.41) is 2.97. The molecule has 3 aromatic rings. The molecule has 3 aromatic carbocycles. The predicted molar refractivity (Wildman–Crippen MR) is 118 cm³/mol. The zero-order chi connectivity index (χ0) is 20.2. The molecule has 4 rings (SSSR count). The van der Waals surface area contributed by atoms with Gasteiger partial charge in [0.1, 0.15) is 0 Å². The van der Waals surface area contributed by atoms with Gasteiger partial charge in [-0.15, -0.1) is 0 Å². The van der Waals surface area contributed by atoms with E-state index in [9.17, 15) is 4.79 Å². The van der Waals surface area contributed by atoms with Gasteiger partial charge < -0.3 is 20.7 Å². The molecule has 3 N–H and O–H groups in total. The van der Waals surface area contributed by atoms with Crippen LogP contribution in [-0.2, 0) is 4.74 Å². The first kappa shape index (κ1) is 19.0. The second-order valence-corrected chi connectivity index (χ2v) is 7.25. The van der Waals surface area contributed by atoms with Gasteiger partial charge >= 0.3 is 0 Å². The third-order valence-electron chi connectivity index (χ3n) is 5.22. The molecular formula is C24H25N3O2. The first-order valence-corrected chi connectivity index (χ1v) is 9.81. The number of carbonyl (C=O) groups is 1. The van der Waals surface area contributed by atoms with Crippen LogP contribution in [0.5, 0.6) is 0 Å². The third kappa shape index (κ3) is 4.41. The SMILES string of the molecule is Cc1ccc(N)cc1-c1ccc(C(=O)Nc2ccc(N3CCOCC3)cc2)cc1. The molecule has 1 fully saturated rings. The lowest BCUT2D eigenvalue weighted by molar-refractivity contribution is 0.102. The van der Waals surface area contributed by atoms with Crippen LogP contribution >= 0.6 is 0 Å². The Morgan fingerprint density at radius 1 is 0.966 bits per heavy atom. The van der Waals surface area contributed by atoms with Gasteiger partial charge in [-0.05, 0) is 72.1 Å². The number of aryl methyl sites for hydroxylation is 1. The van der Waals surface area contributed by atoms with Crippen molar-refractivity contribution in [2.24, 2.45) is 0 Å². The Morgan fingerprint density at radius 2 is 1.66 bits per heavy atom. The molecule has 0 radical (unpaired) electrons. The number of ether oxygens (including phenoxy) is 1. The van der Waals surface area contributed by atoms with Crippen molar-refractivity contribution in [3.63, 3.8) is 0 Å². The number of hydrogen-bond acceptors (Lipinski definition) is 4. The summed E-state index contributed by atoms with van der Waals surface area (Å²) in [6, 6.07) is 21.4. The van der Waals surface area contributed by atoms with Gasteiger partial charge in [0, 0.05) is 35.7 Å². The Morgan fingerprint density at radius 3 is 2.34 bits per heavy atom. The normalized spacial score (nSPS) is 13.9. The van der Waals surface area contributed by atoms with Gasteiger partial charge in [-0.2, -0.15) is 0 Å². The highest BCUT2D eigenvalue weighted by Crippen LogP contribution is 2.26. The molecule has 0 unspecified atom stereocenters. The van der Waals surface area contributed by atoms with E-state index in [1.54, 1.807) is 0 Å². The minimum absolute atomic E-state index is 0.125. The predicted octanol–water partition coefficient (Wildman–Crippen LogP) is 4.33. The average Bonchev–Trinajstić information content (AvgIpc) is 2.77. The van der Waals surface area contributed by atoms with Gasteiger partial charge in [0.25, 0.3) is 5.91 Å². The van der Waals surface area contributed by atoms with Crippen LogP contribution in [0.3, 0.4) is 0 Å². The summed E-state index contributed by atoms with van der Waals surface area (Å²) < 4.78 is 5.39. The van der Waals surface area contributed by atoms with E-state index in [2.05, 4.69) is 17.1 Å². The van der Waals surface area contributed by atoms with Crippen LogP contribution in [0.25, 0.3) is 11.1 Å². The number of hydrogen-bond donors (Lipinski definition) is 2. The first-order chi connectivity index (χ1) is 14.1. The maximum absolute atomic E-state index is 12.6. The summed E-state index contributed by atoms with van der Waals surface area (Å²) in [5.41, 5.74) is 12.5. The third-order valence-corrected chi connectivity index (χ3v) is 5.22. The molecule has 1 saturated heterocycles. The van der Waals surface area contributed by atoms with Crippen molar-refractivity contribution in [1.29, 1.82) is 0 Å². The summed E-state index contributed by atoms with van der Waals surface area (Å²) in [7, 11) is 0.